The van der Waals surface area contributed by atoms with Crippen molar-refractivity contribution >= 4 is 21.4 Å². The minimum absolute atomic E-state index is 0.0312. The zero-order valence-corrected chi connectivity index (χ0v) is 26.3. The van der Waals surface area contributed by atoms with Crippen LogP contribution in [-0.4, -0.2) is 64.1 Å². The molecule has 240 valence electrons. The van der Waals surface area contributed by atoms with E-state index in [0.29, 0.717) is 39.9 Å². The molecular weight excluding hydrogens is 620 g/mol. The summed E-state index contributed by atoms with van der Waals surface area (Å²) in [6.45, 7) is 2.56. The maximum absolute atomic E-state index is 16.0. The lowest BCUT2D eigenvalue weighted by Gasteiger charge is -2.31. The number of hydrogen-bond donors (Lipinski definition) is 1. The summed E-state index contributed by atoms with van der Waals surface area (Å²) in [5.74, 6) is -1.88. The second-order valence-corrected chi connectivity index (χ2v) is 12.7. The van der Waals surface area contributed by atoms with E-state index in [9.17, 15) is 13.2 Å². The molecule has 6 heterocycles. The van der Waals surface area contributed by atoms with E-state index >= 15 is 4.39 Å². The van der Waals surface area contributed by atoms with Gasteiger partial charge in [-0.1, -0.05) is 0 Å². The van der Waals surface area contributed by atoms with Gasteiger partial charge in [0.15, 0.2) is 0 Å². The van der Waals surface area contributed by atoms with Crippen LogP contribution in [0.4, 0.5) is 17.6 Å². The highest BCUT2D eigenvalue weighted by Crippen LogP contribution is 2.47. The molecule has 0 bridgehead atoms. The van der Waals surface area contributed by atoms with E-state index in [4.69, 9.17) is 19.8 Å². The SMILES string of the molecule is CC1NCCn2nc(-c3nc(-c4cnc5c(c4)CN(C)C(C)C5)c4ccsc4c3-c3c(F)cc(F)cc3OCCOC(F)F)cc21. The molecule has 7 rings (SSSR count). The van der Waals surface area contributed by atoms with Gasteiger partial charge in [-0.15, -0.1) is 11.3 Å². The molecule has 0 saturated carbocycles. The molecule has 46 heavy (non-hydrogen) atoms. The number of likely N-dealkylation sites (N-methyl/N-ethyl adjacent to an activating group) is 1. The van der Waals surface area contributed by atoms with E-state index < -0.39 is 24.9 Å². The van der Waals surface area contributed by atoms with Crippen LogP contribution in [0.3, 0.4) is 0 Å². The fraction of sp³-hybridized carbons (Fsp3) is 0.364. The summed E-state index contributed by atoms with van der Waals surface area (Å²) in [6, 6.07) is 8.22. The van der Waals surface area contributed by atoms with Crippen molar-refractivity contribution in [2.24, 2.45) is 0 Å². The Labute approximate surface area is 267 Å². The standard InChI is InChI=1S/C33H32F4N6O2S/c1-17-10-24-20(16-42(17)3)11-19(15-39-24)30-22-4-9-46-32(22)29(31(40-30)25-14-26-18(2)38-5-6-43(26)41-25)28-23(35)12-21(34)13-27(28)44-7-8-45-33(36)37/h4,9,11-15,17-18,33,38H,5-8,10,16H2,1-3H3. The van der Waals surface area contributed by atoms with Gasteiger partial charge in [-0.25, -0.2) is 13.8 Å². The molecule has 1 aromatic carbocycles. The van der Waals surface area contributed by atoms with Crippen LogP contribution in [0, 0.1) is 11.6 Å². The van der Waals surface area contributed by atoms with Gasteiger partial charge in [-0.3, -0.25) is 14.6 Å². The van der Waals surface area contributed by atoms with Gasteiger partial charge in [0.25, 0.3) is 0 Å². The second kappa shape index (κ2) is 12.4. The largest absolute Gasteiger partial charge is 0.490 e. The van der Waals surface area contributed by atoms with Gasteiger partial charge in [0.1, 0.15) is 35.4 Å². The fourth-order valence-electron chi connectivity index (χ4n) is 6.27. The van der Waals surface area contributed by atoms with Crippen molar-refractivity contribution in [2.45, 2.75) is 52.1 Å². The number of hydrogen-bond acceptors (Lipinski definition) is 8. The smallest absolute Gasteiger partial charge is 0.345 e. The average molecular weight is 653 g/mol. The van der Waals surface area contributed by atoms with Gasteiger partial charge in [-0.05, 0) is 50.0 Å². The Bertz CT molecular complexity index is 1930. The Hall–Kier alpha value is -3.91. The lowest BCUT2D eigenvalue weighted by molar-refractivity contribution is -0.133. The first-order chi connectivity index (χ1) is 22.2. The van der Waals surface area contributed by atoms with Crippen LogP contribution in [0.1, 0.15) is 36.8 Å². The van der Waals surface area contributed by atoms with Gasteiger partial charge in [0.2, 0.25) is 0 Å². The number of alkyl halides is 2. The molecule has 2 atom stereocenters. The number of halogens is 4. The lowest BCUT2D eigenvalue weighted by Crippen LogP contribution is -2.35. The number of rotatable bonds is 8. The van der Waals surface area contributed by atoms with Gasteiger partial charge in [-0.2, -0.15) is 13.9 Å². The van der Waals surface area contributed by atoms with E-state index in [1.807, 2.05) is 35.3 Å². The van der Waals surface area contributed by atoms with Gasteiger partial charge >= 0.3 is 6.61 Å². The number of nitrogens with one attached hydrogen (secondary N) is 1. The molecule has 0 amide bonds. The van der Waals surface area contributed by atoms with E-state index in [1.165, 1.54) is 11.3 Å². The molecule has 5 aromatic rings. The molecule has 2 aliphatic heterocycles. The third-order valence-electron chi connectivity index (χ3n) is 8.73. The number of fused-ring (bicyclic) bond motifs is 3. The minimum atomic E-state index is -2.99. The number of benzene rings is 1. The van der Waals surface area contributed by atoms with Crippen molar-refractivity contribution in [1.82, 2.24) is 30.0 Å². The van der Waals surface area contributed by atoms with Crippen LogP contribution >= 0.6 is 11.3 Å². The summed E-state index contributed by atoms with van der Waals surface area (Å²) in [7, 11) is 2.09. The Balaban J connectivity index is 1.45. The number of pyridine rings is 2. The Morgan fingerprint density at radius 3 is 2.74 bits per heavy atom. The summed E-state index contributed by atoms with van der Waals surface area (Å²) in [6.07, 6.45) is 2.68. The molecule has 2 unspecified atom stereocenters. The maximum atomic E-state index is 16.0. The molecule has 8 nitrogen and oxygen atoms in total. The molecule has 0 saturated heterocycles. The van der Waals surface area contributed by atoms with Crippen LogP contribution < -0.4 is 10.1 Å². The fourth-order valence-corrected chi connectivity index (χ4v) is 7.22. The van der Waals surface area contributed by atoms with Crippen LogP contribution in [0.5, 0.6) is 5.75 Å². The van der Waals surface area contributed by atoms with E-state index in [2.05, 4.69) is 35.0 Å². The number of nitrogens with zero attached hydrogens (tertiary/aromatic N) is 5. The van der Waals surface area contributed by atoms with Crippen LogP contribution in [0.25, 0.3) is 43.9 Å². The molecule has 4 aromatic heterocycles. The first-order valence-electron chi connectivity index (χ1n) is 15.1. The molecule has 13 heteroatoms. The summed E-state index contributed by atoms with van der Waals surface area (Å²) >= 11 is 1.39. The van der Waals surface area contributed by atoms with Gasteiger partial charge in [0.05, 0.1) is 30.1 Å². The number of thiophene rings is 1. The van der Waals surface area contributed by atoms with Crippen molar-refractivity contribution in [3.05, 3.63) is 70.5 Å². The summed E-state index contributed by atoms with van der Waals surface area (Å²) in [4.78, 5) is 12.3. The quantitative estimate of drug-likeness (QED) is 0.146. The maximum Gasteiger partial charge on any atom is 0.345 e. The zero-order chi connectivity index (χ0) is 32.1. The van der Waals surface area contributed by atoms with E-state index in [1.54, 1.807) is 0 Å². The third-order valence-corrected chi connectivity index (χ3v) is 9.66. The summed E-state index contributed by atoms with van der Waals surface area (Å²) in [5, 5.41) is 11.0. The first-order valence-corrected chi connectivity index (χ1v) is 16.0. The highest BCUT2D eigenvalue weighted by Gasteiger charge is 2.29. The van der Waals surface area contributed by atoms with Crippen molar-refractivity contribution < 1.29 is 27.0 Å². The van der Waals surface area contributed by atoms with E-state index in [0.717, 1.165) is 59.5 Å². The summed E-state index contributed by atoms with van der Waals surface area (Å²) < 4.78 is 68.4. The van der Waals surface area contributed by atoms with Crippen molar-refractivity contribution in [1.29, 1.82) is 0 Å². The molecule has 2 aliphatic rings. The minimum Gasteiger partial charge on any atom is -0.490 e. The van der Waals surface area contributed by atoms with Gasteiger partial charge in [0, 0.05) is 76.8 Å². The van der Waals surface area contributed by atoms with Gasteiger partial charge < -0.3 is 14.8 Å². The Kier molecular flexibility index (Phi) is 8.26. The Morgan fingerprint density at radius 2 is 1.93 bits per heavy atom. The first kappa shape index (κ1) is 30.7. The zero-order valence-electron chi connectivity index (χ0n) is 25.5. The molecule has 1 N–H and O–H groups in total. The number of ether oxygens (including phenoxy) is 2. The van der Waals surface area contributed by atoms with Crippen molar-refractivity contribution in [3.8, 4) is 39.5 Å². The third kappa shape index (κ3) is 5.65. The molecule has 0 spiro atoms. The molecule has 0 aliphatic carbocycles. The Morgan fingerprint density at radius 1 is 1.09 bits per heavy atom. The van der Waals surface area contributed by atoms with Crippen LogP contribution in [-0.2, 0) is 24.2 Å². The predicted octanol–water partition coefficient (Wildman–Crippen LogP) is 6.83. The van der Waals surface area contributed by atoms with Crippen molar-refractivity contribution in [3.63, 3.8) is 0 Å². The average Bonchev–Trinajstić information content (AvgIpc) is 3.68. The van der Waals surface area contributed by atoms with E-state index in [-0.39, 0.29) is 24.0 Å². The molecule has 0 fully saturated rings. The highest BCUT2D eigenvalue weighted by molar-refractivity contribution is 7.18. The lowest BCUT2D eigenvalue weighted by atomic mass is 9.95. The monoisotopic (exact) mass is 652 g/mol. The molecule has 0 radical (unpaired) electrons. The topological polar surface area (TPSA) is 77.3 Å². The second-order valence-electron chi connectivity index (χ2n) is 11.7. The highest BCUT2D eigenvalue weighted by atomic mass is 32.1. The summed E-state index contributed by atoms with van der Waals surface area (Å²) in [5.41, 5.74) is 5.88. The normalized spacial score (nSPS) is 18.3. The van der Waals surface area contributed by atoms with Crippen LogP contribution in [0.2, 0.25) is 0 Å². The molecular formula is C33H32F4N6O2S. The van der Waals surface area contributed by atoms with Crippen molar-refractivity contribution in [2.75, 3.05) is 26.8 Å². The van der Waals surface area contributed by atoms with Crippen LogP contribution in [0.15, 0.2) is 41.9 Å². The predicted molar refractivity (Wildman–Crippen MR) is 168 cm³/mol. The number of aromatic nitrogens is 4.